The Kier molecular flexibility index (Phi) is 1.91. The van der Waals surface area contributed by atoms with E-state index in [0.717, 1.165) is 0 Å². The highest BCUT2D eigenvalue weighted by Gasteiger charge is 2.25. The van der Waals surface area contributed by atoms with E-state index in [1.165, 1.54) is 60.0 Å². The third kappa shape index (κ3) is 1.31. The van der Waals surface area contributed by atoms with Crippen LogP contribution in [0.5, 0.6) is 0 Å². The molecule has 2 radical (unpaired) electrons. The Labute approximate surface area is 92.0 Å². The molecule has 0 aromatic heterocycles. The Morgan fingerprint density at radius 3 is 2.53 bits per heavy atom. The van der Waals surface area contributed by atoms with E-state index in [1.54, 1.807) is 0 Å². The highest BCUT2D eigenvalue weighted by molar-refractivity contribution is 6.22. The van der Waals surface area contributed by atoms with Crippen LogP contribution in [0, 0.1) is 0 Å². The van der Waals surface area contributed by atoms with Gasteiger partial charge >= 0.3 is 0 Å². The van der Waals surface area contributed by atoms with Gasteiger partial charge in [-0.2, -0.15) is 0 Å². The number of anilines is 1. The molecule has 0 atom stereocenters. The summed E-state index contributed by atoms with van der Waals surface area (Å²) in [6.45, 7) is 3.74. The van der Waals surface area contributed by atoms with Crippen LogP contribution in [0.4, 0.5) is 5.69 Å². The number of hydrogen-bond acceptors (Lipinski definition) is 1. The third-order valence-electron chi connectivity index (χ3n) is 3.53. The molecular weight excluding hydrogens is 181 g/mol. The number of nitrogens with one attached hydrogen (secondary N) is 1. The van der Waals surface area contributed by atoms with Gasteiger partial charge in [0.15, 0.2) is 0 Å². The summed E-state index contributed by atoms with van der Waals surface area (Å²) < 4.78 is 0. The van der Waals surface area contributed by atoms with Gasteiger partial charge in [-0.3, -0.25) is 0 Å². The second kappa shape index (κ2) is 3.16. The van der Waals surface area contributed by atoms with E-state index in [9.17, 15) is 0 Å². The van der Waals surface area contributed by atoms with Crippen LogP contribution in [-0.4, -0.2) is 7.85 Å². The van der Waals surface area contributed by atoms with Crippen LogP contribution in [0.2, 0.25) is 0 Å². The molecule has 1 N–H and O–H groups in total. The Hall–Kier alpha value is -1.18. The molecule has 0 fully saturated rings. The summed E-state index contributed by atoms with van der Waals surface area (Å²) in [4.78, 5) is 0. The van der Waals surface area contributed by atoms with E-state index in [2.05, 4.69) is 18.0 Å². The van der Waals surface area contributed by atoms with Crippen LogP contribution in [-0.2, 0) is 25.7 Å². The first-order valence-corrected chi connectivity index (χ1v) is 5.63. The van der Waals surface area contributed by atoms with Crippen molar-refractivity contribution in [2.24, 2.45) is 0 Å². The maximum absolute atomic E-state index is 5.66. The molecule has 1 aromatic rings. The van der Waals surface area contributed by atoms with Crippen molar-refractivity contribution in [3.05, 3.63) is 40.5 Å². The second-order valence-electron chi connectivity index (χ2n) is 4.53. The summed E-state index contributed by atoms with van der Waals surface area (Å²) in [5, 5.41) is 3.25. The van der Waals surface area contributed by atoms with Crippen molar-refractivity contribution in [2.75, 3.05) is 5.32 Å². The van der Waals surface area contributed by atoms with Gasteiger partial charge in [-0.15, -0.1) is 0 Å². The smallest absolute Gasteiger partial charge is 0.137 e. The van der Waals surface area contributed by atoms with Gasteiger partial charge in [0.2, 0.25) is 0 Å². The molecule has 3 rings (SSSR count). The quantitative estimate of drug-likeness (QED) is 0.714. The van der Waals surface area contributed by atoms with Crippen molar-refractivity contribution in [3.8, 4) is 0 Å². The van der Waals surface area contributed by atoms with Crippen molar-refractivity contribution < 1.29 is 0 Å². The summed E-state index contributed by atoms with van der Waals surface area (Å²) in [6.07, 6.45) is 6.13. The zero-order valence-electron chi connectivity index (χ0n) is 8.90. The SMILES string of the molecule is [B]C(=C)Nc1c2c(cc3c1CC3)CCC2. The van der Waals surface area contributed by atoms with Gasteiger partial charge in [0.25, 0.3) is 0 Å². The van der Waals surface area contributed by atoms with Crippen LogP contribution < -0.4 is 5.32 Å². The fourth-order valence-electron chi connectivity index (χ4n) is 2.75. The number of rotatable bonds is 2. The molecule has 0 unspecified atom stereocenters. The Balaban J connectivity index is 2.14. The Morgan fingerprint density at radius 1 is 1.13 bits per heavy atom. The normalized spacial score (nSPS) is 16.5. The average Bonchev–Trinajstić information content (AvgIpc) is 2.57. The van der Waals surface area contributed by atoms with Crippen LogP contribution in [0.3, 0.4) is 0 Å². The predicted octanol–water partition coefficient (Wildman–Crippen LogP) is 2.33. The van der Waals surface area contributed by atoms with Crippen molar-refractivity contribution in [3.63, 3.8) is 0 Å². The first kappa shape index (κ1) is 9.08. The summed E-state index contributed by atoms with van der Waals surface area (Å²) in [5.41, 5.74) is 7.84. The Morgan fingerprint density at radius 2 is 1.87 bits per heavy atom. The van der Waals surface area contributed by atoms with Gasteiger partial charge in [0.1, 0.15) is 7.85 Å². The van der Waals surface area contributed by atoms with Gasteiger partial charge in [-0.05, 0) is 60.0 Å². The number of aryl methyl sites for hydroxylation is 2. The molecule has 0 amide bonds. The first-order valence-electron chi connectivity index (χ1n) is 5.63. The second-order valence-corrected chi connectivity index (χ2v) is 4.53. The maximum atomic E-state index is 5.66. The molecule has 0 bridgehead atoms. The summed E-state index contributed by atoms with van der Waals surface area (Å²) in [7, 11) is 5.66. The molecule has 1 nitrogen and oxygen atoms in total. The highest BCUT2D eigenvalue weighted by Crippen LogP contribution is 2.39. The summed E-state index contributed by atoms with van der Waals surface area (Å²) in [5.74, 6) is 0. The van der Waals surface area contributed by atoms with Crippen molar-refractivity contribution in [2.45, 2.75) is 32.1 Å². The molecule has 1 aromatic carbocycles. The lowest BCUT2D eigenvalue weighted by molar-refractivity contribution is 0.836. The van der Waals surface area contributed by atoms with Crippen molar-refractivity contribution in [1.29, 1.82) is 0 Å². The highest BCUT2D eigenvalue weighted by atomic mass is 14.9. The molecule has 2 aliphatic carbocycles. The van der Waals surface area contributed by atoms with E-state index >= 15 is 0 Å². The number of fused-ring (bicyclic) bond motifs is 2. The lowest BCUT2D eigenvalue weighted by Gasteiger charge is -2.26. The van der Waals surface area contributed by atoms with Crippen molar-refractivity contribution in [1.82, 2.24) is 0 Å². The van der Waals surface area contributed by atoms with Gasteiger partial charge in [0.05, 0.1) is 0 Å². The molecule has 2 heteroatoms. The molecular formula is C13H14BN. The van der Waals surface area contributed by atoms with Gasteiger partial charge in [-0.25, -0.2) is 0 Å². The van der Waals surface area contributed by atoms with Gasteiger partial charge < -0.3 is 5.32 Å². The van der Waals surface area contributed by atoms with E-state index in [0.29, 0.717) is 5.60 Å². The minimum Gasteiger partial charge on any atom is -0.369 e. The molecule has 15 heavy (non-hydrogen) atoms. The molecule has 0 aliphatic heterocycles. The Bertz CT molecular complexity index is 448. The lowest BCUT2D eigenvalue weighted by atomic mass is 9.83. The zero-order valence-corrected chi connectivity index (χ0v) is 8.90. The number of benzene rings is 1. The predicted molar refractivity (Wildman–Crippen MR) is 64.4 cm³/mol. The van der Waals surface area contributed by atoms with Gasteiger partial charge in [-0.1, -0.05) is 12.6 Å². The molecule has 2 aliphatic rings. The molecule has 0 heterocycles. The van der Waals surface area contributed by atoms with E-state index in [-0.39, 0.29) is 0 Å². The lowest BCUT2D eigenvalue weighted by Crippen LogP contribution is -2.15. The van der Waals surface area contributed by atoms with Gasteiger partial charge in [0, 0.05) is 5.69 Å². The van der Waals surface area contributed by atoms with Crippen molar-refractivity contribution >= 4 is 13.5 Å². The number of hydrogen-bond donors (Lipinski definition) is 1. The first-order chi connectivity index (χ1) is 7.25. The van der Waals surface area contributed by atoms with E-state index in [1.807, 2.05) is 0 Å². The monoisotopic (exact) mass is 195 g/mol. The molecule has 0 saturated carbocycles. The maximum Gasteiger partial charge on any atom is 0.137 e. The largest absolute Gasteiger partial charge is 0.369 e. The third-order valence-corrected chi connectivity index (χ3v) is 3.53. The molecule has 74 valence electrons. The summed E-state index contributed by atoms with van der Waals surface area (Å²) in [6, 6.07) is 2.39. The van der Waals surface area contributed by atoms with Crippen LogP contribution in [0.25, 0.3) is 0 Å². The van der Waals surface area contributed by atoms with E-state index in [4.69, 9.17) is 7.85 Å². The van der Waals surface area contributed by atoms with Crippen LogP contribution in [0.1, 0.15) is 28.7 Å². The minimum atomic E-state index is 0.560. The molecule has 0 saturated heterocycles. The topological polar surface area (TPSA) is 12.0 Å². The molecule has 0 spiro atoms. The fourth-order valence-corrected chi connectivity index (χ4v) is 2.75. The van der Waals surface area contributed by atoms with E-state index < -0.39 is 0 Å². The average molecular weight is 195 g/mol. The standard InChI is InChI=1S/C13H14BN/c1-8(14)15-13-11-4-2-3-9(11)7-10-5-6-12(10)13/h7,15H,1-6H2. The van der Waals surface area contributed by atoms with Crippen LogP contribution >= 0.6 is 0 Å². The summed E-state index contributed by atoms with van der Waals surface area (Å²) >= 11 is 0. The minimum absolute atomic E-state index is 0.560. The fraction of sp³-hybridized carbons (Fsp3) is 0.385. The zero-order chi connectivity index (χ0) is 10.4. The van der Waals surface area contributed by atoms with Crippen LogP contribution in [0.15, 0.2) is 18.2 Å².